The highest BCUT2D eigenvalue weighted by molar-refractivity contribution is 5.90. The molecule has 0 saturated heterocycles. The van der Waals surface area contributed by atoms with Gasteiger partial charge in [-0.25, -0.2) is 4.79 Å². The van der Waals surface area contributed by atoms with Crippen LogP contribution in [0.15, 0.2) is 12.3 Å². The number of rotatable bonds is 1. The molecule has 3 heteroatoms. The molecule has 0 saturated carbocycles. The third-order valence-corrected chi connectivity index (χ3v) is 1.79. The molecule has 1 aromatic heterocycles. The number of methoxy groups -OCH3 is 1. The highest BCUT2D eigenvalue weighted by Crippen LogP contribution is 2.08. The maximum absolute atomic E-state index is 11.0. The molecule has 0 aliphatic carbocycles. The van der Waals surface area contributed by atoms with Crippen molar-refractivity contribution in [3.63, 3.8) is 0 Å². The SMILES string of the molecule is COC(=O)c1ccn(C)c1C. The topological polar surface area (TPSA) is 31.2 Å². The normalized spacial score (nSPS) is 9.73. The van der Waals surface area contributed by atoms with E-state index in [0.717, 1.165) is 5.69 Å². The zero-order chi connectivity index (χ0) is 8.43. The van der Waals surface area contributed by atoms with Crippen LogP contribution in [0.3, 0.4) is 0 Å². The number of carbonyl (C=O) groups is 1. The Balaban J connectivity index is 3.04. The first-order valence-electron chi connectivity index (χ1n) is 3.37. The van der Waals surface area contributed by atoms with E-state index in [0.29, 0.717) is 5.56 Å². The van der Waals surface area contributed by atoms with Crippen molar-refractivity contribution in [1.29, 1.82) is 0 Å². The van der Waals surface area contributed by atoms with Crippen molar-refractivity contribution in [3.05, 3.63) is 23.5 Å². The second kappa shape index (κ2) is 2.78. The molecular weight excluding hydrogens is 142 g/mol. The molecule has 0 spiro atoms. The number of nitrogens with zero attached hydrogens (tertiary/aromatic N) is 1. The number of carbonyl (C=O) groups excluding carboxylic acids is 1. The summed E-state index contributed by atoms with van der Waals surface area (Å²) in [5.41, 5.74) is 1.56. The lowest BCUT2D eigenvalue weighted by atomic mass is 10.2. The molecule has 1 aromatic rings. The Kier molecular flexibility index (Phi) is 1.98. The Bertz CT molecular complexity index is 276. The van der Waals surface area contributed by atoms with Gasteiger partial charge in [-0.1, -0.05) is 0 Å². The fourth-order valence-corrected chi connectivity index (χ4v) is 0.934. The zero-order valence-corrected chi connectivity index (χ0v) is 6.92. The molecule has 0 amide bonds. The Hall–Kier alpha value is -1.25. The lowest BCUT2D eigenvalue weighted by Gasteiger charge is -1.98. The highest BCUT2D eigenvalue weighted by atomic mass is 16.5. The molecule has 0 unspecified atom stereocenters. The third-order valence-electron chi connectivity index (χ3n) is 1.79. The van der Waals surface area contributed by atoms with E-state index in [1.165, 1.54) is 7.11 Å². The number of aromatic nitrogens is 1. The van der Waals surface area contributed by atoms with E-state index in [9.17, 15) is 4.79 Å². The first-order valence-corrected chi connectivity index (χ1v) is 3.37. The molecule has 0 aromatic carbocycles. The Morgan fingerprint density at radius 1 is 1.64 bits per heavy atom. The summed E-state index contributed by atoms with van der Waals surface area (Å²) in [6, 6.07) is 1.75. The smallest absolute Gasteiger partial charge is 0.339 e. The standard InChI is InChI=1S/C8H11NO2/c1-6-7(8(10)11-3)4-5-9(6)2/h4-5H,1-3H3. The van der Waals surface area contributed by atoms with E-state index in [2.05, 4.69) is 4.74 Å². The largest absolute Gasteiger partial charge is 0.465 e. The van der Waals surface area contributed by atoms with Gasteiger partial charge in [0.2, 0.25) is 0 Å². The van der Waals surface area contributed by atoms with Gasteiger partial charge in [0.15, 0.2) is 0 Å². The van der Waals surface area contributed by atoms with Crippen molar-refractivity contribution in [2.45, 2.75) is 6.92 Å². The lowest BCUT2D eigenvalue weighted by molar-refractivity contribution is 0.0600. The number of aryl methyl sites for hydroxylation is 1. The minimum atomic E-state index is -0.275. The molecule has 0 radical (unpaired) electrons. The molecule has 1 rings (SSSR count). The fraction of sp³-hybridized carbons (Fsp3) is 0.375. The van der Waals surface area contributed by atoms with E-state index in [1.807, 2.05) is 24.7 Å². The summed E-state index contributed by atoms with van der Waals surface area (Å²) in [7, 11) is 3.27. The minimum absolute atomic E-state index is 0.275. The molecule has 60 valence electrons. The van der Waals surface area contributed by atoms with Gasteiger partial charge in [0.25, 0.3) is 0 Å². The van der Waals surface area contributed by atoms with Crippen LogP contribution < -0.4 is 0 Å². The Morgan fingerprint density at radius 2 is 2.27 bits per heavy atom. The number of esters is 1. The van der Waals surface area contributed by atoms with Crippen molar-refractivity contribution in [2.24, 2.45) is 7.05 Å². The molecule has 0 aliphatic rings. The van der Waals surface area contributed by atoms with Gasteiger partial charge in [0, 0.05) is 18.9 Å². The number of hydrogen-bond acceptors (Lipinski definition) is 2. The van der Waals surface area contributed by atoms with Crippen LogP contribution >= 0.6 is 0 Å². The predicted octanol–water partition coefficient (Wildman–Crippen LogP) is 1.12. The molecule has 0 fully saturated rings. The van der Waals surface area contributed by atoms with E-state index >= 15 is 0 Å². The van der Waals surface area contributed by atoms with Crippen LogP contribution in [0.1, 0.15) is 16.1 Å². The summed E-state index contributed by atoms with van der Waals surface area (Å²) in [5, 5.41) is 0. The summed E-state index contributed by atoms with van der Waals surface area (Å²) in [5.74, 6) is -0.275. The van der Waals surface area contributed by atoms with Crippen molar-refractivity contribution < 1.29 is 9.53 Å². The molecule has 3 nitrogen and oxygen atoms in total. The Morgan fingerprint density at radius 3 is 2.64 bits per heavy atom. The average molecular weight is 153 g/mol. The second-order valence-electron chi connectivity index (χ2n) is 2.42. The van der Waals surface area contributed by atoms with Crippen LogP contribution in [0.2, 0.25) is 0 Å². The van der Waals surface area contributed by atoms with Gasteiger partial charge in [-0.15, -0.1) is 0 Å². The summed E-state index contributed by atoms with van der Waals surface area (Å²) >= 11 is 0. The molecule has 1 heterocycles. The highest BCUT2D eigenvalue weighted by Gasteiger charge is 2.10. The van der Waals surface area contributed by atoms with Crippen molar-refractivity contribution >= 4 is 5.97 Å². The molecule has 0 N–H and O–H groups in total. The van der Waals surface area contributed by atoms with E-state index < -0.39 is 0 Å². The monoisotopic (exact) mass is 153 g/mol. The summed E-state index contributed by atoms with van der Waals surface area (Å²) < 4.78 is 6.46. The quantitative estimate of drug-likeness (QED) is 0.566. The van der Waals surface area contributed by atoms with Gasteiger partial charge in [0.1, 0.15) is 0 Å². The summed E-state index contributed by atoms with van der Waals surface area (Å²) in [4.78, 5) is 11.0. The van der Waals surface area contributed by atoms with Gasteiger partial charge in [-0.05, 0) is 13.0 Å². The second-order valence-corrected chi connectivity index (χ2v) is 2.42. The van der Waals surface area contributed by atoms with Gasteiger partial charge in [-0.2, -0.15) is 0 Å². The lowest BCUT2D eigenvalue weighted by Crippen LogP contribution is -2.02. The summed E-state index contributed by atoms with van der Waals surface area (Å²) in [6.07, 6.45) is 1.83. The first-order chi connectivity index (χ1) is 5.16. The number of hydrogen-bond donors (Lipinski definition) is 0. The van der Waals surface area contributed by atoms with Crippen molar-refractivity contribution in [1.82, 2.24) is 4.57 Å². The molecule has 0 atom stereocenters. The Labute approximate surface area is 65.6 Å². The third kappa shape index (κ3) is 1.27. The average Bonchev–Trinajstić information content (AvgIpc) is 2.32. The van der Waals surface area contributed by atoms with E-state index in [-0.39, 0.29) is 5.97 Å². The maximum atomic E-state index is 11.0. The van der Waals surface area contributed by atoms with E-state index in [4.69, 9.17) is 0 Å². The predicted molar refractivity (Wildman–Crippen MR) is 41.5 cm³/mol. The molecule has 0 aliphatic heterocycles. The van der Waals surface area contributed by atoms with Gasteiger partial charge in [0.05, 0.1) is 12.7 Å². The van der Waals surface area contributed by atoms with E-state index in [1.54, 1.807) is 6.07 Å². The minimum Gasteiger partial charge on any atom is -0.465 e. The van der Waals surface area contributed by atoms with Crippen molar-refractivity contribution in [3.8, 4) is 0 Å². The molecular formula is C8H11NO2. The number of ether oxygens (including phenoxy) is 1. The zero-order valence-electron chi connectivity index (χ0n) is 6.92. The van der Waals surface area contributed by atoms with Gasteiger partial charge < -0.3 is 9.30 Å². The maximum Gasteiger partial charge on any atom is 0.339 e. The van der Waals surface area contributed by atoms with Crippen LogP contribution in [-0.2, 0) is 11.8 Å². The summed E-state index contributed by atoms with van der Waals surface area (Å²) in [6.45, 7) is 1.88. The van der Waals surface area contributed by atoms with Crippen LogP contribution in [0.4, 0.5) is 0 Å². The van der Waals surface area contributed by atoms with Crippen LogP contribution in [-0.4, -0.2) is 17.6 Å². The molecule has 11 heavy (non-hydrogen) atoms. The van der Waals surface area contributed by atoms with Crippen LogP contribution in [0.5, 0.6) is 0 Å². The van der Waals surface area contributed by atoms with Crippen LogP contribution in [0.25, 0.3) is 0 Å². The van der Waals surface area contributed by atoms with Crippen molar-refractivity contribution in [2.75, 3.05) is 7.11 Å². The fourth-order valence-electron chi connectivity index (χ4n) is 0.934. The first kappa shape index (κ1) is 7.85. The van der Waals surface area contributed by atoms with Gasteiger partial charge in [-0.3, -0.25) is 0 Å². The molecule has 0 bridgehead atoms. The van der Waals surface area contributed by atoms with Crippen LogP contribution in [0, 0.1) is 6.92 Å². The van der Waals surface area contributed by atoms with Gasteiger partial charge >= 0.3 is 5.97 Å².